The molecule has 0 heterocycles. The molecule has 0 spiro atoms. The first-order valence-electron chi connectivity index (χ1n) is 4.81. The zero-order valence-electron chi connectivity index (χ0n) is 9.00. The molecule has 2 atom stereocenters. The monoisotopic (exact) mass is 343 g/mol. The maximum atomic E-state index is 11.3. The van der Waals surface area contributed by atoms with Crippen LogP contribution in [0.25, 0.3) is 0 Å². The smallest absolute Gasteiger partial charge is 0.144 e. The van der Waals surface area contributed by atoms with Gasteiger partial charge in [0.15, 0.2) is 0 Å². The number of carbonyl (C=O) groups excluding carboxylic acids is 1. The van der Waals surface area contributed by atoms with E-state index in [0.29, 0.717) is 5.56 Å². The molecule has 0 amide bonds. The molecule has 0 saturated carbocycles. The molecule has 0 fully saturated rings. The lowest BCUT2D eigenvalue weighted by Gasteiger charge is -2.17. The number of rotatable bonds is 3. The highest BCUT2D eigenvalue weighted by molar-refractivity contribution is 9.10. The number of ketones is 1. The molecule has 1 aromatic carbocycles. The van der Waals surface area contributed by atoms with E-state index in [2.05, 4.69) is 37.9 Å². The van der Waals surface area contributed by atoms with Crippen molar-refractivity contribution in [3.8, 4) is 6.07 Å². The molecule has 2 unspecified atom stereocenters. The Kier molecular flexibility index (Phi) is 4.69. The maximum Gasteiger partial charge on any atom is 0.144 e. The van der Waals surface area contributed by atoms with Gasteiger partial charge in [-0.05, 0) is 24.6 Å². The van der Waals surface area contributed by atoms with Gasteiger partial charge < -0.3 is 0 Å². The molecule has 0 aliphatic heterocycles. The summed E-state index contributed by atoms with van der Waals surface area (Å²) in [5.74, 6) is 0.0551. The van der Waals surface area contributed by atoms with Crippen LogP contribution in [0, 0.1) is 11.3 Å². The van der Waals surface area contributed by atoms with Crippen LogP contribution in [0.3, 0.4) is 0 Å². The highest BCUT2D eigenvalue weighted by Gasteiger charge is 2.22. The number of carbonyl (C=O) groups is 1. The maximum absolute atomic E-state index is 11.3. The van der Waals surface area contributed by atoms with Crippen LogP contribution in [0.5, 0.6) is 0 Å². The minimum atomic E-state index is -0.249. The van der Waals surface area contributed by atoms with Gasteiger partial charge in [-0.3, -0.25) is 4.79 Å². The number of halogens is 2. The minimum absolute atomic E-state index is 0.0137. The average Bonchev–Trinajstić information content (AvgIpc) is 2.26. The van der Waals surface area contributed by atoms with Gasteiger partial charge >= 0.3 is 0 Å². The van der Waals surface area contributed by atoms with Crippen LogP contribution >= 0.6 is 31.9 Å². The largest absolute Gasteiger partial charge is 0.299 e. The van der Waals surface area contributed by atoms with Crippen LogP contribution in [-0.2, 0) is 4.79 Å². The first-order chi connectivity index (χ1) is 7.47. The number of benzene rings is 1. The molecule has 0 aliphatic carbocycles. The Morgan fingerprint density at radius 2 is 2.12 bits per heavy atom. The summed E-state index contributed by atoms with van der Waals surface area (Å²) >= 11 is 6.68. The van der Waals surface area contributed by atoms with Gasteiger partial charge in [0.1, 0.15) is 5.78 Å². The minimum Gasteiger partial charge on any atom is -0.299 e. The summed E-state index contributed by atoms with van der Waals surface area (Å²) < 4.78 is 0.869. The van der Waals surface area contributed by atoms with E-state index < -0.39 is 0 Å². The summed E-state index contributed by atoms with van der Waals surface area (Å²) in [5.41, 5.74) is 1.50. The fraction of sp³-hybridized carbons (Fsp3) is 0.333. The summed E-state index contributed by atoms with van der Waals surface area (Å²) in [4.78, 5) is 11.0. The van der Waals surface area contributed by atoms with Crippen molar-refractivity contribution in [2.45, 2.75) is 24.6 Å². The normalized spacial score (nSPS) is 13.9. The Labute approximate surface area is 112 Å². The fourth-order valence-electron chi connectivity index (χ4n) is 1.53. The quantitative estimate of drug-likeness (QED) is 0.783. The molecule has 2 nitrogen and oxygen atoms in total. The number of nitriles is 1. The molecule has 16 heavy (non-hydrogen) atoms. The van der Waals surface area contributed by atoms with E-state index in [1.54, 1.807) is 13.0 Å². The van der Waals surface area contributed by atoms with Crippen molar-refractivity contribution >= 4 is 37.6 Å². The molecule has 0 radical (unpaired) electrons. The molecule has 1 aromatic rings. The summed E-state index contributed by atoms with van der Waals surface area (Å²) in [6, 6.07) is 7.68. The van der Waals surface area contributed by atoms with Crippen LogP contribution < -0.4 is 0 Å². The lowest BCUT2D eigenvalue weighted by molar-refractivity contribution is -0.116. The predicted octanol–water partition coefficient (Wildman–Crippen LogP) is 3.78. The Bertz CT molecular complexity index is 451. The lowest BCUT2D eigenvalue weighted by Crippen LogP contribution is -2.18. The fourth-order valence-corrected chi connectivity index (χ4v) is 2.18. The number of Topliss-reactive ketones (excluding diaryl/α,β-unsaturated/α-hetero) is 1. The second-order valence-corrected chi connectivity index (χ2v) is 5.55. The Morgan fingerprint density at radius 1 is 1.50 bits per heavy atom. The highest BCUT2D eigenvalue weighted by atomic mass is 79.9. The number of nitrogens with zero attached hydrogens (tertiary/aromatic N) is 1. The zero-order valence-corrected chi connectivity index (χ0v) is 12.2. The average molecular weight is 345 g/mol. The van der Waals surface area contributed by atoms with Crippen molar-refractivity contribution in [2.75, 3.05) is 0 Å². The molecule has 0 saturated heterocycles. The van der Waals surface area contributed by atoms with Crippen molar-refractivity contribution in [3.05, 3.63) is 33.8 Å². The van der Waals surface area contributed by atoms with E-state index in [4.69, 9.17) is 5.26 Å². The van der Waals surface area contributed by atoms with E-state index in [9.17, 15) is 4.79 Å². The first kappa shape index (κ1) is 13.4. The van der Waals surface area contributed by atoms with Gasteiger partial charge in [0.05, 0.1) is 16.5 Å². The molecular formula is C12H11Br2NO. The third-order valence-electron chi connectivity index (χ3n) is 2.45. The topological polar surface area (TPSA) is 40.9 Å². The summed E-state index contributed by atoms with van der Waals surface area (Å²) in [7, 11) is 0. The predicted molar refractivity (Wildman–Crippen MR) is 70.7 cm³/mol. The van der Waals surface area contributed by atoms with E-state index >= 15 is 0 Å². The standard InChI is InChI=1S/C12H11Br2NO/c1-7(12(14)8(2)16)11-4-3-10(13)5-9(11)6-15/h3-5,7,12H,1-2H3. The van der Waals surface area contributed by atoms with E-state index in [0.717, 1.165) is 10.0 Å². The van der Waals surface area contributed by atoms with Crippen LogP contribution in [0.15, 0.2) is 22.7 Å². The third kappa shape index (κ3) is 2.93. The van der Waals surface area contributed by atoms with E-state index in [-0.39, 0.29) is 16.5 Å². The van der Waals surface area contributed by atoms with Gasteiger partial charge in [-0.25, -0.2) is 0 Å². The number of alkyl halides is 1. The van der Waals surface area contributed by atoms with Gasteiger partial charge in [0.25, 0.3) is 0 Å². The van der Waals surface area contributed by atoms with Crippen LogP contribution in [0.2, 0.25) is 0 Å². The van der Waals surface area contributed by atoms with Crippen molar-refractivity contribution < 1.29 is 4.79 Å². The number of hydrogen-bond donors (Lipinski definition) is 0. The van der Waals surface area contributed by atoms with E-state index in [1.807, 2.05) is 19.1 Å². The molecule has 0 aromatic heterocycles. The van der Waals surface area contributed by atoms with Crippen molar-refractivity contribution in [3.63, 3.8) is 0 Å². The SMILES string of the molecule is CC(=O)C(Br)C(C)c1ccc(Br)cc1C#N. The highest BCUT2D eigenvalue weighted by Crippen LogP contribution is 2.29. The van der Waals surface area contributed by atoms with Gasteiger partial charge in [-0.2, -0.15) is 5.26 Å². The molecule has 0 N–H and O–H groups in total. The third-order valence-corrected chi connectivity index (χ3v) is 4.38. The molecule has 4 heteroatoms. The second kappa shape index (κ2) is 5.60. The second-order valence-electron chi connectivity index (χ2n) is 3.64. The van der Waals surface area contributed by atoms with Gasteiger partial charge in [-0.1, -0.05) is 44.8 Å². The van der Waals surface area contributed by atoms with Gasteiger partial charge in [-0.15, -0.1) is 0 Å². The molecule has 1 rings (SSSR count). The van der Waals surface area contributed by atoms with Crippen LogP contribution in [0.1, 0.15) is 30.9 Å². The van der Waals surface area contributed by atoms with E-state index in [1.165, 1.54) is 0 Å². The zero-order chi connectivity index (χ0) is 12.3. The van der Waals surface area contributed by atoms with Gasteiger partial charge in [0, 0.05) is 10.4 Å². The van der Waals surface area contributed by atoms with Gasteiger partial charge in [0.2, 0.25) is 0 Å². The summed E-state index contributed by atoms with van der Waals surface area (Å²) in [6.07, 6.45) is 0. The summed E-state index contributed by atoms with van der Waals surface area (Å²) in [6.45, 7) is 3.48. The lowest BCUT2D eigenvalue weighted by atomic mass is 9.92. The molecule has 84 valence electrons. The van der Waals surface area contributed by atoms with Crippen molar-refractivity contribution in [1.82, 2.24) is 0 Å². The van der Waals surface area contributed by atoms with Crippen molar-refractivity contribution in [1.29, 1.82) is 5.26 Å². The molecule has 0 aliphatic rings. The summed E-state index contributed by atoms with van der Waals surface area (Å²) in [5, 5.41) is 9.04. The molecular weight excluding hydrogens is 334 g/mol. The Morgan fingerprint density at radius 3 is 2.62 bits per heavy atom. The van der Waals surface area contributed by atoms with Crippen LogP contribution in [0.4, 0.5) is 0 Å². The van der Waals surface area contributed by atoms with Crippen molar-refractivity contribution in [2.24, 2.45) is 0 Å². The Hall–Kier alpha value is -0.660. The first-order valence-corrected chi connectivity index (χ1v) is 6.52. The molecule has 0 bridgehead atoms. The number of hydrogen-bond acceptors (Lipinski definition) is 2. The Balaban J connectivity index is 3.14. The van der Waals surface area contributed by atoms with Crippen LogP contribution in [-0.4, -0.2) is 10.6 Å².